The first-order chi connectivity index (χ1) is 8.96. The zero-order valence-corrected chi connectivity index (χ0v) is 12.2. The molecule has 1 atom stereocenters. The quantitative estimate of drug-likeness (QED) is 0.861. The molecule has 1 aliphatic heterocycles. The molecule has 7 heteroatoms. The van der Waals surface area contributed by atoms with Crippen LogP contribution >= 0.6 is 0 Å². The highest BCUT2D eigenvalue weighted by atomic mass is 32.2. The third-order valence-corrected chi connectivity index (χ3v) is 4.03. The van der Waals surface area contributed by atoms with Crippen LogP contribution in [0.1, 0.15) is 25.0 Å². The molecule has 19 heavy (non-hydrogen) atoms. The summed E-state index contributed by atoms with van der Waals surface area (Å²) in [5.41, 5.74) is 0.949. The van der Waals surface area contributed by atoms with Crippen molar-refractivity contribution in [3.8, 4) is 0 Å². The Morgan fingerprint density at radius 3 is 2.95 bits per heavy atom. The molecule has 1 aromatic rings. The molecule has 6 nitrogen and oxygen atoms in total. The molecule has 0 spiro atoms. The Morgan fingerprint density at radius 1 is 1.47 bits per heavy atom. The third kappa shape index (κ3) is 4.14. The maximum absolute atomic E-state index is 11.1. The third-order valence-electron chi connectivity index (χ3n) is 3.30. The summed E-state index contributed by atoms with van der Waals surface area (Å²) in [5, 5.41) is 0. The van der Waals surface area contributed by atoms with Crippen LogP contribution in [0.25, 0.3) is 0 Å². The van der Waals surface area contributed by atoms with Crippen molar-refractivity contribution in [2.75, 3.05) is 24.2 Å². The first-order valence-electron chi connectivity index (χ1n) is 6.45. The Hall–Kier alpha value is -1.21. The van der Waals surface area contributed by atoms with E-state index in [-0.39, 0.29) is 0 Å². The molecule has 0 saturated carbocycles. The zero-order chi connectivity index (χ0) is 13.9. The first kappa shape index (κ1) is 14.2. The SMILES string of the molecule is Cc1cc(N2CCCC2CCNS(C)(=O)=O)ncn1. The molecular formula is C12H20N4O2S. The first-order valence-corrected chi connectivity index (χ1v) is 8.35. The second-order valence-electron chi connectivity index (χ2n) is 4.96. The number of nitrogens with one attached hydrogen (secondary N) is 1. The minimum Gasteiger partial charge on any atom is -0.353 e. The van der Waals surface area contributed by atoms with Gasteiger partial charge in [-0.15, -0.1) is 0 Å². The standard InChI is InChI=1S/C12H20N4O2S/c1-10-8-12(14-9-13-10)16-7-3-4-11(16)5-6-15-19(2,17)18/h8-9,11,15H,3-7H2,1-2H3. The number of hydrogen-bond acceptors (Lipinski definition) is 5. The fourth-order valence-corrected chi connectivity index (χ4v) is 2.93. The zero-order valence-electron chi connectivity index (χ0n) is 11.3. The highest BCUT2D eigenvalue weighted by Crippen LogP contribution is 2.25. The van der Waals surface area contributed by atoms with Crippen LogP contribution in [0.4, 0.5) is 5.82 Å². The van der Waals surface area contributed by atoms with Crippen molar-refractivity contribution in [1.82, 2.24) is 14.7 Å². The van der Waals surface area contributed by atoms with Gasteiger partial charge in [-0.2, -0.15) is 0 Å². The predicted octanol–water partition coefficient (Wildman–Crippen LogP) is 0.693. The summed E-state index contributed by atoms with van der Waals surface area (Å²) in [5.74, 6) is 0.939. The van der Waals surface area contributed by atoms with Gasteiger partial charge in [0.1, 0.15) is 12.1 Å². The minimum atomic E-state index is -3.10. The number of aromatic nitrogens is 2. The van der Waals surface area contributed by atoms with Crippen molar-refractivity contribution < 1.29 is 8.42 Å². The van der Waals surface area contributed by atoms with Crippen molar-refractivity contribution in [3.05, 3.63) is 18.1 Å². The normalized spacial score (nSPS) is 19.9. The number of nitrogens with zero attached hydrogens (tertiary/aromatic N) is 3. The molecule has 1 aliphatic rings. The lowest BCUT2D eigenvalue weighted by Gasteiger charge is -2.25. The molecule has 0 bridgehead atoms. The minimum absolute atomic E-state index is 0.351. The summed E-state index contributed by atoms with van der Waals surface area (Å²) in [4.78, 5) is 10.7. The summed E-state index contributed by atoms with van der Waals surface area (Å²) in [6, 6.07) is 2.33. The van der Waals surface area contributed by atoms with Crippen LogP contribution in [0.15, 0.2) is 12.4 Å². The average Bonchev–Trinajstić information content (AvgIpc) is 2.75. The van der Waals surface area contributed by atoms with Crippen LogP contribution in [0.2, 0.25) is 0 Å². The lowest BCUT2D eigenvalue weighted by atomic mass is 10.1. The topological polar surface area (TPSA) is 75.2 Å². The van der Waals surface area contributed by atoms with Gasteiger partial charge in [0.25, 0.3) is 0 Å². The van der Waals surface area contributed by atoms with Gasteiger partial charge >= 0.3 is 0 Å². The Labute approximate surface area is 114 Å². The van der Waals surface area contributed by atoms with Gasteiger partial charge in [0.2, 0.25) is 10.0 Å². The molecule has 1 aromatic heterocycles. The van der Waals surface area contributed by atoms with Crippen molar-refractivity contribution in [2.24, 2.45) is 0 Å². The molecule has 0 aliphatic carbocycles. The number of aryl methyl sites for hydroxylation is 1. The van der Waals surface area contributed by atoms with Crippen LogP contribution in [-0.2, 0) is 10.0 Å². The van der Waals surface area contributed by atoms with Crippen molar-refractivity contribution in [3.63, 3.8) is 0 Å². The molecule has 1 fully saturated rings. The fraction of sp³-hybridized carbons (Fsp3) is 0.667. The lowest BCUT2D eigenvalue weighted by Crippen LogP contribution is -2.34. The van der Waals surface area contributed by atoms with E-state index in [0.717, 1.165) is 37.3 Å². The van der Waals surface area contributed by atoms with Gasteiger partial charge in [0.15, 0.2) is 0 Å². The summed E-state index contributed by atoms with van der Waals surface area (Å²) in [6.07, 6.45) is 5.76. The molecule has 0 amide bonds. The van der Waals surface area contributed by atoms with Crippen molar-refractivity contribution in [2.45, 2.75) is 32.2 Å². The van der Waals surface area contributed by atoms with Gasteiger partial charge in [-0.3, -0.25) is 0 Å². The van der Waals surface area contributed by atoms with E-state index >= 15 is 0 Å². The van der Waals surface area contributed by atoms with E-state index in [9.17, 15) is 8.42 Å². The number of sulfonamides is 1. The summed E-state index contributed by atoms with van der Waals surface area (Å²) >= 11 is 0. The number of hydrogen-bond donors (Lipinski definition) is 1. The van der Waals surface area contributed by atoms with Gasteiger partial charge in [-0.1, -0.05) is 0 Å². The molecule has 1 N–H and O–H groups in total. The largest absolute Gasteiger partial charge is 0.353 e. The molecule has 2 rings (SSSR count). The predicted molar refractivity (Wildman–Crippen MR) is 74.6 cm³/mol. The second kappa shape index (κ2) is 5.83. The van der Waals surface area contributed by atoms with Crippen molar-refractivity contribution >= 4 is 15.8 Å². The summed E-state index contributed by atoms with van der Waals surface area (Å²) in [6.45, 7) is 3.39. The smallest absolute Gasteiger partial charge is 0.208 e. The van der Waals surface area contributed by atoms with E-state index in [1.54, 1.807) is 6.33 Å². The van der Waals surface area contributed by atoms with Gasteiger partial charge in [0.05, 0.1) is 6.26 Å². The fourth-order valence-electron chi connectivity index (χ4n) is 2.45. The van der Waals surface area contributed by atoms with Crippen LogP contribution in [0.3, 0.4) is 0 Å². The number of anilines is 1. The second-order valence-corrected chi connectivity index (χ2v) is 6.80. The van der Waals surface area contributed by atoms with E-state index in [1.807, 2.05) is 13.0 Å². The molecule has 1 unspecified atom stereocenters. The van der Waals surface area contributed by atoms with Gasteiger partial charge < -0.3 is 4.90 Å². The Morgan fingerprint density at radius 2 is 2.26 bits per heavy atom. The summed E-state index contributed by atoms with van der Waals surface area (Å²) < 4.78 is 24.7. The van der Waals surface area contributed by atoms with Gasteiger partial charge in [-0.25, -0.2) is 23.1 Å². The Balaban J connectivity index is 1.97. The Bertz CT molecular complexity index is 532. The molecule has 0 radical (unpaired) electrons. The molecule has 2 heterocycles. The molecular weight excluding hydrogens is 264 g/mol. The summed E-state index contributed by atoms with van der Waals surface area (Å²) in [7, 11) is -3.10. The van der Waals surface area contributed by atoms with E-state index in [1.165, 1.54) is 6.26 Å². The molecule has 106 valence electrons. The van der Waals surface area contributed by atoms with Crippen LogP contribution in [0.5, 0.6) is 0 Å². The molecule has 1 saturated heterocycles. The van der Waals surface area contributed by atoms with E-state index < -0.39 is 10.0 Å². The van der Waals surface area contributed by atoms with Crippen LogP contribution in [-0.4, -0.2) is 43.8 Å². The van der Waals surface area contributed by atoms with E-state index in [4.69, 9.17) is 0 Å². The highest BCUT2D eigenvalue weighted by Gasteiger charge is 2.25. The van der Waals surface area contributed by atoms with E-state index in [2.05, 4.69) is 19.6 Å². The monoisotopic (exact) mass is 284 g/mol. The lowest BCUT2D eigenvalue weighted by molar-refractivity contribution is 0.565. The van der Waals surface area contributed by atoms with E-state index in [0.29, 0.717) is 12.6 Å². The van der Waals surface area contributed by atoms with Gasteiger partial charge in [0, 0.05) is 30.9 Å². The van der Waals surface area contributed by atoms with Crippen LogP contribution in [0, 0.1) is 6.92 Å². The van der Waals surface area contributed by atoms with Gasteiger partial charge in [-0.05, 0) is 26.2 Å². The highest BCUT2D eigenvalue weighted by molar-refractivity contribution is 7.88. The average molecular weight is 284 g/mol. The number of rotatable bonds is 5. The van der Waals surface area contributed by atoms with Crippen molar-refractivity contribution in [1.29, 1.82) is 0 Å². The molecule has 0 aromatic carbocycles. The Kier molecular flexibility index (Phi) is 4.36. The maximum atomic E-state index is 11.1. The maximum Gasteiger partial charge on any atom is 0.208 e. The van der Waals surface area contributed by atoms with Crippen LogP contribution < -0.4 is 9.62 Å².